The second-order valence-electron chi connectivity index (χ2n) is 2.98. The normalized spacial score (nSPS) is 13.0. The van der Waals surface area contributed by atoms with Crippen molar-refractivity contribution in [3.05, 3.63) is 32.2 Å². The molecule has 0 aromatic heterocycles. The molecule has 13 heavy (non-hydrogen) atoms. The van der Waals surface area contributed by atoms with Gasteiger partial charge in [0.1, 0.15) is 0 Å². The van der Waals surface area contributed by atoms with Gasteiger partial charge in [-0.05, 0) is 30.2 Å². The van der Waals surface area contributed by atoms with Gasteiger partial charge in [-0.3, -0.25) is 0 Å². The summed E-state index contributed by atoms with van der Waals surface area (Å²) >= 11 is 6.95. The van der Waals surface area contributed by atoms with Crippen molar-refractivity contribution < 1.29 is 0 Å². The Labute approximate surface area is 94.9 Å². The van der Waals surface area contributed by atoms with Crippen molar-refractivity contribution in [1.82, 2.24) is 0 Å². The summed E-state index contributed by atoms with van der Waals surface area (Å²) in [7, 11) is 0. The molecule has 1 aromatic carbocycles. The molecule has 1 unspecified atom stereocenters. The second kappa shape index (κ2) is 4.55. The Morgan fingerprint density at radius 1 is 1.31 bits per heavy atom. The number of nitrogens with two attached hydrogens (primary N) is 2. The SMILES string of the molecule is Cc1cc(Br)c(C(N)CN)c(Br)c1. The predicted octanol–water partition coefficient (Wildman–Crippen LogP) is 2.48. The standard InChI is InChI=1S/C9H12Br2N2/c1-5-2-6(10)9(7(11)3-5)8(13)4-12/h2-3,8H,4,12-13H2,1H3. The Hall–Kier alpha value is 0.1000. The first kappa shape index (κ1) is 11.2. The first-order valence-corrected chi connectivity index (χ1v) is 5.56. The van der Waals surface area contributed by atoms with Crippen LogP contribution < -0.4 is 11.5 Å². The van der Waals surface area contributed by atoms with Crippen molar-refractivity contribution in [3.8, 4) is 0 Å². The zero-order valence-electron chi connectivity index (χ0n) is 7.35. The number of aryl methyl sites for hydroxylation is 1. The molecule has 0 fully saturated rings. The van der Waals surface area contributed by atoms with E-state index in [0.717, 1.165) is 14.5 Å². The van der Waals surface area contributed by atoms with Crippen LogP contribution in [0, 0.1) is 6.92 Å². The minimum atomic E-state index is -0.121. The largest absolute Gasteiger partial charge is 0.329 e. The molecule has 4 heteroatoms. The maximum absolute atomic E-state index is 5.86. The van der Waals surface area contributed by atoms with E-state index in [0.29, 0.717) is 6.54 Å². The van der Waals surface area contributed by atoms with Crippen LogP contribution in [-0.2, 0) is 0 Å². The molecule has 0 aliphatic carbocycles. The molecule has 4 N–H and O–H groups in total. The van der Waals surface area contributed by atoms with Gasteiger partial charge in [0.25, 0.3) is 0 Å². The van der Waals surface area contributed by atoms with Gasteiger partial charge >= 0.3 is 0 Å². The van der Waals surface area contributed by atoms with Crippen LogP contribution in [0.3, 0.4) is 0 Å². The lowest BCUT2D eigenvalue weighted by Gasteiger charge is -2.14. The molecule has 1 rings (SSSR count). The summed E-state index contributed by atoms with van der Waals surface area (Å²) < 4.78 is 2.02. The minimum absolute atomic E-state index is 0.121. The van der Waals surface area contributed by atoms with Gasteiger partial charge in [0.2, 0.25) is 0 Å². The van der Waals surface area contributed by atoms with Gasteiger partial charge in [-0.25, -0.2) is 0 Å². The fourth-order valence-electron chi connectivity index (χ4n) is 1.18. The molecule has 0 saturated heterocycles. The zero-order valence-corrected chi connectivity index (χ0v) is 10.5. The highest BCUT2D eigenvalue weighted by Gasteiger charge is 2.12. The summed E-state index contributed by atoms with van der Waals surface area (Å²) in [6, 6.07) is 3.95. The number of hydrogen-bond donors (Lipinski definition) is 2. The first-order valence-electron chi connectivity index (χ1n) is 3.97. The highest BCUT2D eigenvalue weighted by atomic mass is 79.9. The topological polar surface area (TPSA) is 52.0 Å². The second-order valence-corrected chi connectivity index (χ2v) is 4.69. The fourth-order valence-corrected chi connectivity index (χ4v) is 3.19. The lowest BCUT2D eigenvalue weighted by molar-refractivity contribution is 0.729. The van der Waals surface area contributed by atoms with Gasteiger partial charge in [-0.15, -0.1) is 0 Å². The van der Waals surface area contributed by atoms with Gasteiger partial charge in [0.15, 0.2) is 0 Å². The average molecular weight is 308 g/mol. The van der Waals surface area contributed by atoms with E-state index in [1.807, 2.05) is 19.1 Å². The molecule has 0 saturated carbocycles. The predicted molar refractivity (Wildman–Crippen MR) is 62.6 cm³/mol. The van der Waals surface area contributed by atoms with E-state index in [4.69, 9.17) is 11.5 Å². The molecule has 0 aliphatic heterocycles. The van der Waals surface area contributed by atoms with Crippen molar-refractivity contribution >= 4 is 31.9 Å². The van der Waals surface area contributed by atoms with E-state index < -0.39 is 0 Å². The quantitative estimate of drug-likeness (QED) is 0.882. The van der Waals surface area contributed by atoms with E-state index in [-0.39, 0.29) is 6.04 Å². The lowest BCUT2D eigenvalue weighted by Crippen LogP contribution is -2.21. The summed E-state index contributed by atoms with van der Waals surface area (Å²) in [6.07, 6.45) is 0. The summed E-state index contributed by atoms with van der Waals surface area (Å²) in [5.74, 6) is 0. The highest BCUT2D eigenvalue weighted by Crippen LogP contribution is 2.30. The number of halogens is 2. The Morgan fingerprint density at radius 3 is 2.15 bits per heavy atom. The average Bonchev–Trinajstić information content (AvgIpc) is 2.02. The van der Waals surface area contributed by atoms with E-state index in [1.165, 1.54) is 5.56 Å². The fraction of sp³-hybridized carbons (Fsp3) is 0.333. The molecule has 0 aliphatic rings. The molecule has 1 atom stereocenters. The number of rotatable bonds is 2. The number of hydrogen-bond acceptors (Lipinski definition) is 2. The maximum Gasteiger partial charge on any atom is 0.0442 e. The molecule has 2 nitrogen and oxygen atoms in total. The molecular formula is C9H12Br2N2. The minimum Gasteiger partial charge on any atom is -0.329 e. The molecular weight excluding hydrogens is 296 g/mol. The third-order valence-electron chi connectivity index (χ3n) is 1.85. The van der Waals surface area contributed by atoms with Crippen LogP contribution in [0.15, 0.2) is 21.1 Å². The lowest BCUT2D eigenvalue weighted by atomic mass is 10.1. The molecule has 0 bridgehead atoms. The monoisotopic (exact) mass is 306 g/mol. The van der Waals surface area contributed by atoms with E-state index in [1.54, 1.807) is 0 Å². The van der Waals surface area contributed by atoms with Crippen LogP contribution in [0.4, 0.5) is 0 Å². The van der Waals surface area contributed by atoms with Crippen LogP contribution in [0.25, 0.3) is 0 Å². The highest BCUT2D eigenvalue weighted by molar-refractivity contribution is 9.11. The van der Waals surface area contributed by atoms with Gasteiger partial charge in [0.05, 0.1) is 0 Å². The van der Waals surface area contributed by atoms with Crippen LogP contribution in [0.2, 0.25) is 0 Å². The van der Waals surface area contributed by atoms with Gasteiger partial charge in [-0.2, -0.15) is 0 Å². The summed E-state index contributed by atoms with van der Waals surface area (Å²) in [6.45, 7) is 2.48. The van der Waals surface area contributed by atoms with Gasteiger partial charge in [-0.1, -0.05) is 31.9 Å². The van der Waals surface area contributed by atoms with Crippen molar-refractivity contribution in [1.29, 1.82) is 0 Å². The molecule has 1 aromatic rings. The van der Waals surface area contributed by atoms with Crippen LogP contribution in [0.1, 0.15) is 17.2 Å². The van der Waals surface area contributed by atoms with Crippen LogP contribution in [0.5, 0.6) is 0 Å². The molecule has 72 valence electrons. The van der Waals surface area contributed by atoms with E-state index in [9.17, 15) is 0 Å². The van der Waals surface area contributed by atoms with Gasteiger partial charge in [0, 0.05) is 21.5 Å². The Morgan fingerprint density at radius 2 is 1.77 bits per heavy atom. The number of benzene rings is 1. The molecule has 0 spiro atoms. The third kappa shape index (κ3) is 2.53. The Balaban J connectivity index is 3.20. The summed E-state index contributed by atoms with van der Waals surface area (Å²) in [4.78, 5) is 0. The van der Waals surface area contributed by atoms with Crippen molar-refractivity contribution in [3.63, 3.8) is 0 Å². The van der Waals surface area contributed by atoms with Crippen molar-refractivity contribution in [2.45, 2.75) is 13.0 Å². The zero-order chi connectivity index (χ0) is 10.0. The van der Waals surface area contributed by atoms with Crippen LogP contribution >= 0.6 is 31.9 Å². The molecule has 0 amide bonds. The van der Waals surface area contributed by atoms with Crippen LogP contribution in [-0.4, -0.2) is 6.54 Å². The van der Waals surface area contributed by atoms with E-state index >= 15 is 0 Å². The maximum atomic E-state index is 5.86. The van der Waals surface area contributed by atoms with E-state index in [2.05, 4.69) is 31.9 Å². The summed E-state index contributed by atoms with van der Waals surface area (Å²) in [5, 5.41) is 0. The molecule has 0 heterocycles. The van der Waals surface area contributed by atoms with Crippen molar-refractivity contribution in [2.24, 2.45) is 11.5 Å². The van der Waals surface area contributed by atoms with Crippen molar-refractivity contribution in [2.75, 3.05) is 6.54 Å². The smallest absolute Gasteiger partial charge is 0.0442 e. The Bertz CT molecular complexity index is 289. The third-order valence-corrected chi connectivity index (χ3v) is 3.16. The van der Waals surface area contributed by atoms with Gasteiger partial charge < -0.3 is 11.5 Å². The molecule has 0 radical (unpaired) electrons. The summed E-state index contributed by atoms with van der Waals surface area (Å²) in [5.41, 5.74) is 13.6. The first-order chi connectivity index (χ1) is 6.06. The Kier molecular flexibility index (Phi) is 3.91.